The molecule has 0 aliphatic rings. The van der Waals surface area contributed by atoms with Crippen molar-refractivity contribution in [1.82, 2.24) is 0 Å². The van der Waals surface area contributed by atoms with Gasteiger partial charge in [-0.2, -0.15) is 0 Å². The van der Waals surface area contributed by atoms with E-state index in [2.05, 4.69) is 0 Å². The molecule has 2 aromatic carbocycles. The number of esters is 1. The number of hydrogen-bond acceptors (Lipinski definition) is 4. The summed E-state index contributed by atoms with van der Waals surface area (Å²) in [5, 5.41) is 0. The maximum absolute atomic E-state index is 11.7. The van der Waals surface area contributed by atoms with Crippen molar-refractivity contribution in [2.45, 2.75) is 13.5 Å². The molecule has 4 nitrogen and oxygen atoms in total. The van der Waals surface area contributed by atoms with E-state index in [1.165, 1.54) is 6.07 Å². The molecule has 2 aromatic rings. The first-order valence-corrected chi connectivity index (χ1v) is 6.67. The fourth-order valence-corrected chi connectivity index (χ4v) is 1.83. The van der Waals surface area contributed by atoms with Crippen molar-refractivity contribution in [1.29, 1.82) is 0 Å². The Balaban J connectivity index is 2.18. The predicted molar refractivity (Wildman–Crippen MR) is 78.6 cm³/mol. The minimum atomic E-state index is -0.431. The molecule has 21 heavy (non-hydrogen) atoms. The van der Waals surface area contributed by atoms with Crippen LogP contribution in [0, 0.1) is 0 Å². The zero-order chi connectivity index (χ0) is 15.1. The molecule has 0 saturated carbocycles. The summed E-state index contributed by atoms with van der Waals surface area (Å²) in [4.78, 5) is 22.8. The van der Waals surface area contributed by atoms with Gasteiger partial charge in [-0.15, -0.1) is 0 Å². The Morgan fingerprint density at radius 3 is 2.57 bits per heavy atom. The summed E-state index contributed by atoms with van der Waals surface area (Å²) in [7, 11) is 0. The lowest BCUT2D eigenvalue weighted by atomic mass is 10.1. The van der Waals surface area contributed by atoms with Crippen molar-refractivity contribution in [3.8, 4) is 5.75 Å². The van der Waals surface area contributed by atoms with Crippen molar-refractivity contribution in [2.75, 3.05) is 6.61 Å². The Kier molecular flexibility index (Phi) is 5.10. The van der Waals surface area contributed by atoms with Crippen molar-refractivity contribution < 1.29 is 19.1 Å². The molecule has 0 aliphatic heterocycles. The Bertz CT molecular complexity index is 620. The van der Waals surface area contributed by atoms with Crippen LogP contribution >= 0.6 is 0 Å². The lowest BCUT2D eigenvalue weighted by Gasteiger charge is -2.10. The third kappa shape index (κ3) is 3.92. The largest absolute Gasteiger partial charge is 0.488 e. The smallest absolute Gasteiger partial charge is 0.338 e. The third-order valence-electron chi connectivity index (χ3n) is 2.89. The second kappa shape index (κ2) is 7.24. The predicted octanol–water partition coefficient (Wildman–Crippen LogP) is 3.25. The molecule has 0 aliphatic carbocycles. The summed E-state index contributed by atoms with van der Waals surface area (Å²) in [5.41, 5.74) is 1.75. The number of hydrogen-bond donors (Lipinski definition) is 0. The highest BCUT2D eigenvalue weighted by molar-refractivity contribution is 5.91. The highest BCUT2D eigenvalue weighted by Crippen LogP contribution is 2.21. The molecule has 0 spiro atoms. The van der Waals surface area contributed by atoms with Gasteiger partial charge in [0.2, 0.25) is 0 Å². The van der Waals surface area contributed by atoms with E-state index in [0.29, 0.717) is 36.4 Å². The van der Waals surface area contributed by atoms with Crippen LogP contribution in [0.4, 0.5) is 0 Å². The second-order valence-corrected chi connectivity index (χ2v) is 4.37. The Hall–Kier alpha value is -2.62. The molecular formula is C17H16O4. The fraction of sp³-hybridized carbons (Fsp3) is 0.176. The minimum absolute atomic E-state index is 0.300. The molecule has 4 heteroatoms. The van der Waals surface area contributed by atoms with E-state index < -0.39 is 5.97 Å². The van der Waals surface area contributed by atoms with Gasteiger partial charge in [-0.05, 0) is 30.7 Å². The molecule has 0 saturated heterocycles. The molecule has 2 rings (SSSR count). The Labute approximate surface area is 123 Å². The van der Waals surface area contributed by atoms with Gasteiger partial charge < -0.3 is 9.47 Å². The van der Waals surface area contributed by atoms with E-state index in [1.54, 1.807) is 19.1 Å². The van der Waals surface area contributed by atoms with Crippen LogP contribution in [0.25, 0.3) is 0 Å². The van der Waals surface area contributed by atoms with Gasteiger partial charge in [0.25, 0.3) is 0 Å². The molecule has 108 valence electrons. The van der Waals surface area contributed by atoms with Gasteiger partial charge in [-0.3, -0.25) is 4.79 Å². The van der Waals surface area contributed by atoms with E-state index in [0.717, 1.165) is 5.56 Å². The van der Waals surface area contributed by atoms with Crippen LogP contribution in [0.3, 0.4) is 0 Å². The quantitative estimate of drug-likeness (QED) is 0.603. The zero-order valence-electron chi connectivity index (χ0n) is 11.7. The van der Waals surface area contributed by atoms with Crippen molar-refractivity contribution in [2.24, 2.45) is 0 Å². The van der Waals surface area contributed by atoms with Crippen LogP contribution in [0.15, 0.2) is 48.5 Å². The first-order chi connectivity index (χ1) is 10.2. The summed E-state index contributed by atoms with van der Waals surface area (Å²) in [6.07, 6.45) is 0.704. The average Bonchev–Trinajstić information content (AvgIpc) is 2.54. The molecule has 0 amide bonds. The summed E-state index contributed by atoms with van der Waals surface area (Å²) in [6, 6.07) is 14.2. The van der Waals surface area contributed by atoms with Crippen LogP contribution in [-0.4, -0.2) is 18.9 Å². The van der Waals surface area contributed by atoms with Gasteiger partial charge in [0.1, 0.15) is 12.4 Å². The number of aldehydes is 1. The lowest BCUT2D eigenvalue weighted by molar-refractivity contribution is 0.0525. The topological polar surface area (TPSA) is 52.6 Å². The molecular weight excluding hydrogens is 268 g/mol. The summed E-state index contributed by atoms with van der Waals surface area (Å²) >= 11 is 0. The number of benzene rings is 2. The molecule has 0 fully saturated rings. The van der Waals surface area contributed by atoms with Crippen LogP contribution in [0.5, 0.6) is 5.75 Å². The first-order valence-electron chi connectivity index (χ1n) is 6.67. The fourth-order valence-electron chi connectivity index (χ4n) is 1.83. The van der Waals surface area contributed by atoms with Crippen LogP contribution in [-0.2, 0) is 11.3 Å². The van der Waals surface area contributed by atoms with Crippen molar-refractivity contribution in [3.05, 3.63) is 65.2 Å². The van der Waals surface area contributed by atoms with E-state index in [1.807, 2.05) is 30.3 Å². The van der Waals surface area contributed by atoms with Gasteiger partial charge in [-0.1, -0.05) is 30.3 Å². The summed E-state index contributed by atoms with van der Waals surface area (Å²) in [5.74, 6) is -0.0566. The molecule has 0 aromatic heterocycles. The van der Waals surface area contributed by atoms with E-state index in [9.17, 15) is 9.59 Å². The normalized spacial score (nSPS) is 9.95. The number of ether oxygens (including phenoxy) is 2. The maximum Gasteiger partial charge on any atom is 0.338 e. The molecule has 0 atom stereocenters. The van der Waals surface area contributed by atoms with Crippen molar-refractivity contribution in [3.63, 3.8) is 0 Å². The SMILES string of the molecule is CCOC(=O)c1ccc(C=O)c(OCc2ccccc2)c1. The zero-order valence-corrected chi connectivity index (χ0v) is 11.7. The molecule has 0 unspecified atom stereocenters. The van der Waals surface area contributed by atoms with Gasteiger partial charge in [0.05, 0.1) is 17.7 Å². The Morgan fingerprint density at radius 2 is 1.90 bits per heavy atom. The molecule has 0 bridgehead atoms. The van der Waals surface area contributed by atoms with Gasteiger partial charge >= 0.3 is 5.97 Å². The van der Waals surface area contributed by atoms with Crippen molar-refractivity contribution >= 4 is 12.3 Å². The number of carbonyl (C=O) groups is 2. The molecule has 0 N–H and O–H groups in total. The van der Waals surface area contributed by atoms with E-state index in [4.69, 9.17) is 9.47 Å². The van der Waals surface area contributed by atoms with Gasteiger partial charge in [-0.25, -0.2) is 4.79 Å². The summed E-state index contributed by atoms with van der Waals surface area (Å²) in [6.45, 7) is 2.37. The average molecular weight is 284 g/mol. The van der Waals surface area contributed by atoms with E-state index >= 15 is 0 Å². The third-order valence-corrected chi connectivity index (χ3v) is 2.89. The van der Waals surface area contributed by atoms with E-state index in [-0.39, 0.29) is 0 Å². The Morgan fingerprint density at radius 1 is 1.14 bits per heavy atom. The lowest BCUT2D eigenvalue weighted by Crippen LogP contribution is -2.06. The summed E-state index contributed by atoms with van der Waals surface area (Å²) < 4.78 is 10.6. The highest BCUT2D eigenvalue weighted by Gasteiger charge is 2.11. The second-order valence-electron chi connectivity index (χ2n) is 4.37. The maximum atomic E-state index is 11.7. The number of carbonyl (C=O) groups excluding carboxylic acids is 2. The highest BCUT2D eigenvalue weighted by atomic mass is 16.5. The van der Waals surface area contributed by atoms with Crippen LogP contribution < -0.4 is 4.74 Å². The standard InChI is InChI=1S/C17H16O4/c1-2-20-17(19)14-8-9-15(11-18)16(10-14)21-12-13-6-4-3-5-7-13/h3-11H,2,12H2,1H3. The monoisotopic (exact) mass is 284 g/mol. The van der Waals surface area contributed by atoms with Crippen LogP contribution in [0.2, 0.25) is 0 Å². The van der Waals surface area contributed by atoms with Gasteiger partial charge in [0.15, 0.2) is 6.29 Å². The number of rotatable bonds is 6. The molecule has 0 heterocycles. The van der Waals surface area contributed by atoms with Gasteiger partial charge in [0, 0.05) is 0 Å². The first kappa shape index (κ1) is 14.8. The van der Waals surface area contributed by atoms with Crippen LogP contribution in [0.1, 0.15) is 33.2 Å². The minimum Gasteiger partial charge on any atom is -0.488 e. The molecule has 0 radical (unpaired) electrons.